The fourth-order valence-electron chi connectivity index (χ4n) is 4.61. The van der Waals surface area contributed by atoms with Crippen LogP contribution in [0, 0.1) is 17.6 Å². The third kappa shape index (κ3) is 7.50. The van der Waals surface area contributed by atoms with Gasteiger partial charge in [-0.15, -0.1) is 23.2 Å². The molecule has 3 N–H and O–H groups in total. The number of carbonyl (C=O) groups is 3. The molecule has 0 radical (unpaired) electrons. The van der Waals surface area contributed by atoms with E-state index in [2.05, 4.69) is 16.0 Å². The Morgan fingerprint density at radius 2 is 1.46 bits per heavy atom. The molecule has 17 heteroatoms. The van der Waals surface area contributed by atoms with E-state index < -0.39 is 85.9 Å². The van der Waals surface area contributed by atoms with Crippen LogP contribution < -0.4 is 16.0 Å². The van der Waals surface area contributed by atoms with Crippen LogP contribution >= 0.6 is 34.8 Å². The van der Waals surface area contributed by atoms with Crippen LogP contribution in [0.1, 0.15) is 52.7 Å². The molecule has 0 unspecified atom stereocenters. The second-order valence-electron chi connectivity index (χ2n) is 10.2. The number of hydrogen-bond donors (Lipinski definition) is 3. The molecule has 1 saturated carbocycles. The predicted octanol–water partition coefficient (Wildman–Crippen LogP) is 9.17. The third-order valence-corrected chi connectivity index (χ3v) is 8.13. The number of amides is 3. The van der Waals surface area contributed by atoms with Crippen molar-refractivity contribution < 1.29 is 49.5 Å². The van der Waals surface area contributed by atoms with E-state index in [9.17, 15) is 49.5 Å². The van der Waals surface area contributed by atoms with Crippen molar-refractivity contribution in [2.45, 2.75) is 42.4 Å². The number of benzene rings is 3. The number of alkyl halides is 8. The Kier molecular flexibility index (Phi) is 9.87. The van der Waals surface area contributed by atoms with Crippen LogP contribution in [0.2, 0.25) is 5.02 Å². The van der Waals surface area contributed by atoms with Gasteiger partial charge < -0.3 is 16.0 Å². The van der Waals surface area contributed by atoms with Crippen molar-refractivity contribution in [2.75, 3.05) is 16.0 Å². The number of hydrogen-bond acceptors (Lipinski definition) is 3. The molecule has 6 nitrogen and oxygen atoms in total. The minimum atomic E-state index is -5.15. The normalized spacial score (nSPS) is 17.3. The molecule has 4 rings (SSSR count). The average Bonchev–Trinajstić information content (AvgIpc) is 3.54. The summed E-state index contributed by atoms with van der Waals surface area (Å²) in [7, 11) is 0. The average molecular weight is 717 g/mol. The van der Waals surface area contributed by atoms with E-state index in [1.807, 2.05) is 0 Å². The number of rotatable bonds is 8. The molecule has 3 aromatic carbocycles. The zero-order valence-electron chi connectivity index (χ0n) is 23.1. The van der Waals surface area contributed by atoms with Gasteiger partial charge in [0.2, 0.25) is 11.8 Å². The molecule has 1 aliphatic rings. The summed E-state index contributed by atoms with van der Waals surface area (Å²) >= 11 is 18.4. The number of halogens is 11. The van der Waals surface area contributed by atoms with Crippen LogP contribution in [0.3, 0.4) is 0 Å². The molecule has 3 amide bonds. The molecule has 0 aromatic heterocycles. The molecule has 1 aliphatic carbocycles. The molecule has 0 aliphatic heterocycles. The minimum Gasteiger partial charge on any atom is -0.326 e. The first-order valence-electron chi connectivity index (χ1n) is 13.1. The highest BCUT2D eigenvalue weighted by molar-refractivity contribution is 6.53. The fraction of sp³-hybridized carbons (Fsp3) is 0.276. The molecule has 0 heterocycles. The van der Waals surface area contributed by atoms with Gasteiger partial charge in [-0.25, -0.2) is 8.78 Å². The van der Waals surface area contributed by atoms with Gasteiger partial charge in [0.1, 0.15) is 15.8 Å². The molecule has 246 valence electrons. The number of nitrogens with one attached hydrogen (secondary N) is 3. The van der Waals surface area contributed by atoms with E-state index in [1.165, 1.54) is 6.07 Å². The molecule has 46 heavy (non-hydrogen) atoms. The highest BCUT2D eigenvalue weighted by Crippen LogP contribution is 2.65. The maximum Gasteiger partial charge on any atom is 0.416 e. The Bertz CT molecular complexity index is 1680. The summed E-state index contributed by atoms with van der Waals surface area (Å²) < 4.78 is 107. The van der Waals surface area contributed by atoms with Crippen LogP contribution in [-0.4, -0.2) is 22.1 Å². The van der Waals surface area contributed by atoms with Crippen LogP contribution in [0.25, 0.3) is 0 Å². The fourth-order valence-corrected chi connectivity index (χ4v) is 5.64. The third-order valence-electron chi connectivity index (χ3n) is 6.86. The molecule has 0 saturated heterocycles. The Morgan fingerprint density at radius 1 is 0.848 bits per heavy atom. The number of anilines is 3. The van der Waals surface area contributed by atoms with E-state index in [4.69, 9.17) is 34.8 Å². The lowest BCUT2D eigenvalue weighted by molar-refractivity contribution is -0.143. The molecular formula is C29H20Cl3F8N3O3. The zero-order valence-corrected chi connectivity index (χ0v) is 25.3. The maximum absolute atomic E-state index is 15.0. The van der Waals surface area contributed by atoms with Gasteiger partial charge in [0.05, 0.1) is 33.3 Å². The van der Waals surface area contributed by atoms with Gasteiger partial charge in [-0.1, -0.05) is 18.5 Å². The van der Waals surface area contributed by atoms with Crippen molar-refractivity contribution in [1.82, 2.24) is 0 Å². The highest BCUT2D eigenvalue weighted by Gasteiger charge is 2.68. The van der Waals surface area contributed by atoms with Crippen LogP contribution in [-0.2, 0) is 21.9 Å². The monoisotopic (exact) mass is 715 g/mol. The summed E-state index contributed by atoms with van der Waals surface area (Å²) in [6.07, 6.45) is -9.91. The van der Waals surface area contributed by atoms with E-state index in [1.54, 1.807) is 6.92 Å². The lowest BCUT2D eigenvalue weighted by Crippen LogP contribution is -2.19. The summed E-state index contributed by atoms with van der Waals surface area (Å²) in [5, 5.41) is 6.41. The second kappa shape index (κ2) is 12.9. The SMILES string of the molecule is CCCC(=O)Nc1c(F)ccc(NC(=O)c2cc(NC(=O)[C@H]3[C@H](c4cc(C(F)(F)F)cc(C(F)(F)F)c4)C3(Cl)Cl)ccc2Cl)c1F. The second-order valence-corrected chi connectivity index (χ2v) is 12.0. The van der Waals surface area contributed by atoms with Crippen LogP contribution in [0.15, 0.2) is 48.5 Å². The molecule has 2 atom stereocenters. The number of carbonyl (C=O) groups excluding carboxylic acids is 3. The lowest BCUT2D eigenvalue weighted by Gasteiger charge is -2.14. The Balaban J connectivity index is 1.56. The van der Waals surface area contributed by atoms with Crippen molar-refractivity contribution in [2.24, 2.45) is 5.92 Å². The smallest absolute Gasteiger partial charge is 0.326 e. The summed E-state index contributed by atoms with van der Waals surface area (Å²) in [6, 6.07) is 5.87. The summed E-state index contributed by atoms with van der Waals surface area (Å²) in [6.45, 7) is 1.68. The Hall–Kier alpha value is -3.62. The highest BCUT2D eigenvalue weighted by atomic mass is 35.5. The molecular weight excluding hydrogens is 697 g/mol. The molecule has 3 aromatic rings. The van der Waals surface area contributed by atoms with Crippen LogP contribution in [0.4, 0.5) is 52.2 Å². The first-order chi connectivity index (χ1) is 21.2. The van der Waals surface area contributed by atoms with Crippen molar-refractivity contribution in [1.29, 1.82) is 0 Å². The standard InChI is InChI=1S/C29H20Cl3F8N3O3/c1-2-3-20(44)43-24-18(33)6-7-19(23(24)34)42-25(45)16-11-15(4-5-17(16)30)41-26(46)22-21(27(22,31)32)12-8-13(28(35,36)37)10-14(9-12)29(38,39)40/h4-11,21-22H,2-3H2,1H3,(H,41,46)(H,42,45)(H,43,44)/t21-,22+/m0/s1. The topological polar surface area (TPSA) is 87.3 Å². The lowest BCUT2D eigenvalue weighted by atomic mass is 10.0. The first kappa shape index (κ1) is 35.2. The van der Waals surface area contributed by atoms with E-state index in [0.29, 0.717) is 18.6 Å². The van der Waals surface area contributed by atoms with Crippen molar-refractivity contribution in [3.63, 3.8) is 0 Å². The van der Waals surface area contributed by atoms with E-state index >= 15 is 0 Å². The molecule has 0 bridgehead atoms. The van der Waals surface area contributed by atoms with Gasteiger partial charge in [0, 0.05) is 18.0 Å². The van der Waals surface area contributed by atoms with E-state index in [-0.39, 0.29) is 28.8 Å². The largest absolute Gasteiger partial charge is 0.416 e. The van der Waals surface area contributed by atoms with Crippen molar-refractivity contribution in [3.05, 3.63) is 87.4 Å². The zero-order chi connectivity index (χ0) is 34.4. The maximum atomic E-state index is 15.0. The minimum absolute atomic E-state index is 0.0196. The van der Waals surface area contributed by atoms with Gasteiger partial charge in [0.25, 0.3) is 5.91 Å². The summed E-state index contributed by atoms with van der Waals surface area (Å²) in [5.41, 5.74) is -5.59. The summed E-state index contributed by atoms with van der Waals surface area (Å²) in [4.78, 5) is 37.9. The quantitative estimate of drug-likeness (QED) is 0.161. The van der Waals surface area contributed by atoms with Gasteiger partial charge >= 0.3 is 12.4 Å². The molecule has 1 fully saturated rings. The van der Waals surface area contributed by atoms with Crippen LogP contribution in [0.5, 0.6) is 0 Å². The Labute approximate surface area is 270 Å². The van der Waals surface area contributed by atoms with Crippen molar-refractivity contribution >= 4 is 69.6 Å². The predicted molar refractivity (Wildman–Crippen MR) is 155 cm³/mol. The van der Waals surface area contributed by atoms with Gasteiger partial charge in [-0.3, -0.25) is 14.4 Å². The van der Waals surface area contributed by atoms with Gasteiger partial charge in [0.15, 0.2) is 5.82 Å². The van der Waals surface area contributed by atoms with Gasteiger partial charge in [-0.05, 0) is 60.5 Å². The first-order valence-corrected chi connectivity index (χ1v) is 14.3. The van der Waals surface area contributed by atoms with E-state index in [0.717, 1.165) is 24.3 Å². The molecule has 0 spiro atoms. The Morgan fingerprint density at radius 3 is 2.02 bits per heavy atom. The summed E-state index contributed by atoms with van der Waals surface area (Å²) in [5.74, 6) is -8.08. The van der Waals surface area contributed by atoms with Gasteiger partial charge in [-0.2, -0.15) is 26.3 Å². The van der Waals surface area contributed by atoms with Crippen molar-refractivity contribution in [3.8, 4) is 0 Å².